The van der Waals surface area contributed by atoms with Crippen molar-refractivity contribution in [1.29, 1.82) is 0 Å². The molecule has 1 aromatic rings. The van der Waals surface area contributed by atoms with E-state index in [4.69, 9.17) is 9.72 Å². The number of ether oxygens (including phenoxy) is 1. The first-order valence-electron chi connectivity index (χ1n) is 7.71. The van der Waals surface area contributed by atoms with Crippen LogP contribution in [0.5, 0.6) is 0 Å². The summed E-state index contributed by atoms with van der Waals surface area (Å²) < 4.78 is 5.06. The summed E-state index contributed by atoms with van der Waals surface area (Å²) >= 11 is 1.86. The summed E-state index contributed by atoms with van der Waals surface area (Å²) in [6, 6.07) is 0. The predicted octanol–water partition coefficient (Wildman–Crippen LogP) is 2.68. The van der Waals surface area contributed by atoms with Crippen molar-refractivity contribution >= 4 is 16.5 Å². The molecule has 0 spiro atoms. The number of methoxy groups -OCH3 is 1. The molecule has 0 bridgehead atoms. The van der Waals surface area contributed by atoms with Gasteiger partial charge in [0.05, 0.1) is 12.3 Å². The third kappa shape index (κ3) is 4.43. The van der Waals surface area contributed by atoms with E-state index in [0.29, 0.717) is 0 Å². The third-order valence-corrected chi connectivity index (χ3v) is 4.86. The summed E-state index contributed by atoms with van der Waals surface area (Å²) in [5.41, 5.74) is 1.25. The maximum Gasteiger partial charge on any atom is 0.185 e. The lowest BCUT2D eigenvalue weighted by Crippen LogP contribution is -2.24. The fourth-order valence-electron chi connectivity index (χ4n) is 2.25. The van der Waals surface area contributed by atoms with Gasteiger partial charge in [0, 0.05) is 38.2 Å². The van der Waals surface area contributed by atoms with Crippen molar-refractivity contribution in [2.24, 2.45) is 5.92 Å². The summed E-state index contributed by atoms with van der Waals surface area (Å²) in [6.07, 6.45) is 3.81. The second-order valence-corrected chi connectivity index (χ2v) is 6.43. The van der Waals surface area contributed by atoms with Crippen molar-refractivity contribution in [3.63, 3.8) is 0 Å². The smallest absolute Gasteiger partial charge is 0.185 e. The van der Waals surface area contributed by atoms with Crippen LogP contribution in [0.4, 0.5) is 5.13 Å². The van der Waals surface area contributed by atoms with E-state index in [1.54, 1.807) is 7.11 Å². The lowest BCUT2D eigenvalue weighted by molar-refractivity contribution is 0.199. The van der Waals surface area contributed by atoms with Crippen molar-refractivity contribution in [2.75, 3.05) is 38.3 Å². The number of aryl methyl sites for hydroxylation is 1. The van der Waals surface area contributed by atoms with E-state index in [9.17, 15) is 0 Å². The average Bonchev–Trinajstić information content (AvgIpc) is 3.19. The number of hydrogen-bond acceptors (Lipinski definition) is 5. The highest BCUT2D eigenvalue weighted by Crippen LogP contribution is 2.33. The Balaban J connectivity index is 1.96. The zero-order chi connectivity index (χ0) is 14.4. The molecule has 1 saturated carbocycles. The molecule has 1 N–H and O–H groups in total. The van der Waals surface area contributed by atoms with Crippen LogP contribution in [0.1, 0.15) is 37.3 Å². The van der Waals surface area contributed by atoms with E-state index in [0.717, 1.165) is 38.6 Å². The van der Waals surface area contributed by atoms with Gasteiger partial charge in [-0.1, -0.05) is 6.92 Å². The number of aromatic nitrogens is 1. The summed E-state index contributed by atoms with van der Waals surface area (Å²) in [6.45, 7) is 9.22. The van der Waals surface area contributed by atoms with Gasteiger partial charge in [0.2, 0.25) is 0 Å². The number of anilines is 1. The number of nitrogens with zero attached hydrogens (tertiary/aromatic N) is 2. The third-order valence-electron chi connectivity index (χ3n) is 3.70. The zero-order valence-electron chi connectivity index (χ0n) is 12.9. The molecule has 1 aliphatic carbocycles. The quantitative estimate of drug-likeness (QED) is 0.674. The van der Waals surface area contributed by atoms with Crippen LogP contribution >= 0.6 is 11.3 Å². The van der Waals surface area contributed by atoms with Gasteiger partial charge < -0.3 is 15.0 Å². The van der Waals surface area contributed by atoms with Crippen molar-refractivity contribution in [3.8, 4) is 0 Å². The SMILES string of the molecule is CCc1nc(N(CC)CC2CC2)sc1CNCCOC. The maximum atomic E-state index is 5.06. The molecule has 2 rings (SSSR count). The van der Waals surface area contributed by atoms with Crippen molar-refractivity contribution in [3.05, 3.63) is 10.6 Å². The average molecular weight is 297 g/mol. The van der Waals surface area contributed by atoms with Gasteiger partial charge in [0.25, 0.3) is 0 Å². The van der Waals surface area contributed by atoms with Crippen LogP contribution < -0.4 is 10.2 Å². The fraction of sp³-hybridized carbons (Fsp3) is 0.800. The first kappa shape index (κ1) is 15.7. The van der Waals surface area contributed by atoms with E-state index in [1.807, 2.05) is 11.3 Å². The Kier molecular flexibility index (Phi) is 6.26. The summed E-state index contributed by atoms with van der Waals surface area (Å²) in [5, 5.41) is 4.64. The topological polar surface area (TPSA) is 37.4 Å². The van der Waals surface area contributed by atoms with Gasteiger partial charge in [0.1, 0.15) is 0 Å². The normalized spacial score (nSPS) is 14.8. The number of hydrogen-bond donors (Lipinski definition) is 1. The monoisotopic (exact) mass is 297 g/mol. The molecule has 0 aliphatic heterocycles. The van der Waals surface area contributed by atoms with E-state index in [-0.39, 0.29) is 0 Å². The van der Waals surface area contributed by atoms with Gasteiger partial charge in [-0.05, 0) is 32.1 Å². The summed E-state index contributed by atoms with van der Waals surface area (Å²) in [5.74, 6) is 0.909. The van der Waals surface area contributed by atoms with Gasteiger partial charge in [0.15, 0.2) is 5.13 Å². The highest BCUT2D eigenvalue weighted by molar-refractivity contribution is 7.15. The van der Waals surface area contributed by atoms with E-state index in [2.05, 4.69) is 24.1 Å². The van der Waals surface area contributed by atoms with Crippen LogP contribution in [-0.2, 0) is 17.7 Å². The summed E-state index contributed by atoms with van der Waals surface area (Å²) in [7, 11) is 1.74. The van der Waals surface area contributed by atoms with Crippen molar-refractivity contribution in [1.82, 2.24) is 10.3 Å². The minimum Gasteiger partial charge on any atom is -0.383 e. The number of nitrogens with one attached hydrogen (secondary N) is 1. The van der Waals surface area contributed by atoms with Crippen molar-refractivity contribution in [2.45, 2.75) is 39.7 Å². The van der Waals surface area contributed by atoms with Crippen LogP contribution in [0.25, 0.3) is 0 Å². The molecule has 114 valence electrons. The highest BCUT2D eigenvalue weighted by atomic mass is 32.1. The molecule has 1 aliphatic rings. The second-order valence-electron chi connectivity index (χ2n) is 5.37. The van der Waals surface area contributed by atoms with E-state index >= 15 is 0 Å². The molecule has 0 amide bonds. The summed E-state index contributed by atoms with van der Waals surface area (Å²) in [4.78, 5) is 8.68. The molecule has 0 saturated heterocycles. The lowest BCUT2D eigenvalue weighted by atomic mass is 10.3. The molecule has 0 atom stereocenters. The molecular weight excluding hydrogens is 270 g/mol. The molecule has 1 fully saturated rings. The van der Waals surface area contributed by atoms with Crippen LogP contribution in [0.3, 0.4) is 0 Å². The Morgan fingerprint density at radius 1 is 1.40 bits per heavy atom. The first-order chi connectivity index (χ1) is 9.78. The Labute approximate surface area is 126 Å². The minimum absolute atomic E-state index is 0.760. The molecule has 0 unspecified atom stereocenters. The molecule has 20 heavy (non-hydrogen) atoms. The second kappa shape index (κ2) is 7.96. The van der Waals surface area contributed by atoms with Gasteiger partial charge in [-0.2, -0.15) is 0 Å². The highest BCUT2D eigenvalue weighted by Gasteiger charge is 2.25. The Morgan fingerprint density at radius 3 is 2.80 bits per heavy atom. The Morgan fingerprint density at radius 2 is 2.20 bits per heavy atom. The van der Waals surface area contributed by atoms with Crippen molar-refractivity contribution < 1.29 is 4.74 Å². The lowest BCUT2D eigenvalue weighted by Gasteiger charge is -2.19. The fourth-order valence-corrected chi connectivity index (χ4v) is 3.44. The van der Waals surface area contributed by atoms with Crippen LogP contribution in [0.2, 0.25) is 0 Å². The molecule has 4 nitrogen and oxygen atoms in total. The van der Waals surface area contributed by atoms with E-state index < -0.39 is 0 Å². The number of rotatable bonds is 10. The molecule has 1 heterocycles. The van der Waals surface area contributed by atoms with Crippen LogP contribution in [-0.4, -0.2) is 38.3 Å². The van der Waals surface area contributed by atoms with Gasteiger partial charge in [-0.3, -0.25) is 0 Å². The van der Waals surface area contributed by atoms with Gasteiger partial charge in [-0.15, -0.1) is 11.3 Å². The Bertz CT molecular complexity index is 404. The molecule has 0 radical (unpaired) electrons. The van der Waals surface area contributed by atoms with Gasteiger partial charge in [-0.25, -0.2) is 4.98 Å². The maximum absolute atomic E-state index is 5.06. The standard InChI is InChI=1S/C15H27N3OS/c1-4-13-14(10-16-8-9-19-3)20-15(17-13)18(5-2)11-12-6-7-12/h12,16H,4-11H2,1-3H3. The van der Waals surface area contributed by atoms with Gasteiger partial charge >= 0.3 is 0 Å². The zero-order valence-corrected chi connectivity index (χ0v) is 13.8. The molecule has 5 heteroatoms. The molecule has 0 aromatic carbocycles. The Hall–Kier alpha value is -0.650. The number of thiazole rings is 1. The van der Waals surface area contributed by atoms with Crippen LogP contribution in [0, 0.1) is 5.92 Å². The van der Waals surface area contributed by atoms with Crippen LogP contribution in [0.15, 0.2) is 0 Å². The molecular formula is C15H27N3OS. The van der Waals surface area contributed by atoms with E-state index in [1.165, 1.54) is 35.1 Å². The first-order valence-corrected chi connectivity index (χ1v) is 8.53. The largest absolute Gasteiger partial charge is 0.383 e. The predicted molar refractivity (Wildman–Crippen MR) is 85.7 cm³/mol. The minimum atomic E-state index is 0.760. The molecule has 1 aromatic heterocycles.